The van der Waals surface area contributed by atoms with E-state index >= 15 is 0 Å². The van der Waals surface area contributed by atoms with Gasteiger partial charge in [0.2, 0.25) is 0 Å². The van der Waals surface area contributed by atoms with Crippen molar-refractivity contribution in [3.63, 3.8) is 0 Å². The third-order valence-corrected chi connectivity index (χ3v) is 8.24. The van der Waals surface area contributed by atoms with Gasteiger partial charge < -0.3 is 29.6 Å². The van der Waals surface area contributed by atoms with Crippen LogP contribution in [-0.2, 0) is 30.7 Å². The monoisotopic (exact) mass is 521 g/mol. The number of amides is 1. The SMILES string of the molecule is CC(C)CN(C[C@@H](O)[C@H](Cc1ccccc1)NC(=O)OC1COC2OCCC12)S(=O)(=O)c1ccc[nH]1. The van der Waals surface area contributed by atoms with Crippen LogP contribution in [-0.4, -0.2) is 79.7 Å². The number of carbonyl (C=O) groups is 1. The highest BCUT2D eigenvalue weighted by molar-refractivity contribution is 7.89. The number of aromatic amines is 1. The fourth-order valence-electron chi connectivity index (χ4n) is 4.65. The molecule has 3 unspecified atom stereocenters. The largest absolute Gasteiger partial charge is 0.443 e. The second-order valence-electron chi connectivity index (χ2n) is 9.73. The highest BCUT2D eigenvalue weighted by Gasteiger charge is 2.44. The number of benzene rings is 1. The molecule has 198 valence electrons. The first-order valence-corrected chi connectivity index (χ1v) is 13.7. The van der Waals surface area contributed by atoms with Gasteiger partial charge >= 0.3 is 6.09 Å². The Kier molecular flexibility index (Phi) is 8.68. The molecule has 0 radical (unpaired) electrons. The van der Waals surface area contributed by atoms with Gasteiger partial charge in [-0.25, -0.2) is 13.2 Å². The summed E-state index contributed by atoms with van der Waals surface area (Å²) in [6.45, 7) is 4.65. The summed E-state index contributed by atoms with van der Waals surface area (Å²) in [5.41, 5.74) is 0.887. The molecule has 3 N–H and O–H groups in total. The lowest BCUT2D eigenvalue weighted by Gasteiger charge is -2.30. The van der Waals surface area contributed by atoms with E-state index in [0.717, 1.165) is 12.0 Å². The third kappa shape index (κ3) is 6.46. The van der Waals surface area contributed by atoms with Crippen molar-refractivity contribution in [2.75, 3.05) is 26.3 Å². The van der Waals surface area contributed by atoms with Crippen molar-refractivity contribution < 1.29 is 32.5 Å². The van der Waals surface area contributed by atoms with Gasteiger partial charge in [-0.1, -0.05) is 44.2 Å². The molecule has 3 heterocycles. The molecule has 4 rings (SSSR count). The second kappa shape index (κ2) is 11.7. The Balaban J connectivity index is 1.48. The van der Waals surface area contributed by atoms with Gasteiger partial charge in [-0.2, -0.15) is 4.31 Å². The molecule has 36 heavy (non-hydrogen) atoms. The number of sulfonamides is 1. The smallest absolute Gasteiger partial charge is 0.407 e. The van der Waals surface area contributed by atoms with E-state index in [1.54, 1.807) is 12.3 Å². The summed E-state index contributed by atoms with van der Waals surface area (Å²) in [4.78, 5) is 15.6. The van der Waals surface area contributed by atoms with Gasteiger partial charge in [0.1, 0.15) is 11.1 Å². The third-order valence-electron chi connectivity index (χ3n) is 6.46. The Bertz CT molecular complexity index is 1080. The lowest BCUT2D eigenvalue weighted by atomic mass is 10.0. The summed E-state index contributed by atoms with van der Waals surface area (Å²) < 4.78 is 44.4. The van der Waals surface area contributed by atoms with Crippen LogP contribution in [0.25, 0.3) is 0 Å². The fraction of sp³-hybridized carbons (Fsp3) is 0.560. The predicted octanol–water partition coefficient (Wildman–Crippen LogP) is 2.12. The van der Waals surface area contributed by atoms with Crippen LogP contribution in [0.4, 0.5) is 4.79 Å². The Hall–Kier alpha value is -2.44. The number of alkyl carbamates (subject to hydrolysis) is 1. The standard InChI is InChI=1S/C25H35N3O7S/c1-17(2)14-28(36(31,32)23-9-6-11-26-23)15-21(29)20(13-18-7-4-3-5-8-18)27-25(30)35-22-16-34-24-19(22)10-12-33-24/h3-9,11,17,19-22,24,26,29H,10,12-16H2,1-2H3,(H,27,30)/t19?,20-,21+,22?,24?/m0/s1. The van der Waals surface area contributed by atoms with Crippen LogP contribution in [0.5, 0.6) is 0 Å². The summed E-state index contributed by atoms with van der Waals surface area (Å²) in [5, 5.41) is 14.1. The Morgan fingerprint density at radius 2 is 1.97 bits per heavy atom. The molecule has 1 aromatic heterocycles. The van der Waals surface area contributed by atoms with Crippen LogP contribution >= 0.6 is 0 Å². The molecular weight excluding hydrogens is 486 g/mol. The topological polar surface area (TPSA) is 130 Å². The molecule has 5 atom stereocenters. The van der Waals surface area contributed by atoms with Crippen LogP contribution in [0.15, 0.2) is 53.7 Å². The molecule has 0 spiro atoms. The van der Waals surface area contributed by atoms with Gasteiger partial charge in [0.15, 0.2) is 6.29 Å². The number of nitrogens with one attached hydrogen (secondary N) is 2. The average molecular weight is 522 g/mol. The first-order valence-electron chi connectivity index (χ1n) is 12.3. The Morgan fingerprint density at radius 1 is 1.19 bits per heavy atom. The molecule has 0 saturated carbocycles. The summed E-state index contributed by atoms with van der Waals surface area (Å²) in [5.74, 6) is 0.0112. The van der Waals surface area contributed by atoms with Crippen molar-refractivity contribution in [1.29, 1.82) is 0 Å². The molecular formula is C25H35N3O7S. The number of hydrogen-bond donors (Lipinski definition) is 3. The van der Waals surface area contributed by atoms with Crippen molar-refractivity contribution in [2.24, 2.45) is 11.8 Å². The van der Waals surface area contributed by atoms with E-state index in [-0.39, 0.29) is 42.8 Å². The number of aliphatic hydroxyl groups excluding tert-OH is 1. The van der Waals surface area contributed by atoms with Crippen molar-refractivity contribution in [3.8, 4) is 0 Å². The first kappa shape index (κ1) is 26.6. The number of H-pyrrole nitrogens is 1. The molecule has 11 heteroatoms. The zero-order valence-corrected chi connectivity index (χ0v) is 21.4. The number of aliphatic hydroxyl groups is 1. The number of nitrogens with zero attached hydrogens (tertiary/aromatic N) is 1. The van der Waals surface area contributed by atoms with Crippen LogP contribution in [0, 0.1) is 11.8 Å². The van der Waals surface area contributed by atoms with E-state index < -0.39 is 34.4 Å². The van der Waals surface area contributed by atoms with Crippen molar-refractivity contribution in [2.45, 2.75) is 56.3 Å². The highest BCUT2D eigenvalue weighted by Crippen LogP contribution is 2.33. The van der Waals surface area contributed by atoms with E-state index in [0.29, 0.717) is 13.0 Å². The molecule has 10 nitrogen and oxygen atoms in total. The number of aromatic nitrogens is 1. The Labute approximate surface area is 212 Å². The van der Waals surface area contributed by atoms with E-state index in [4.69, 9.17) is 14.2 Å². The average Bonchev–Trinajstić information content (AvgIpc) is 3.59. The van der Waals surface area contributed by atoms with E-state index in [1.807, 2.05) is 44.2 Å². The van der Waals surface area contributed by atoms with Crippen LogP contribution < -0.4 is 5.32 Å². The fourth-order valence-corrected chi connectivity index (χ4v) is 6.24. The maximum Gasteiger partial charge on any atom is 0.407 e. The summed E-state index contributed by atoms with van der Waals surface area (Å²) in [6.07, 6.45) is -0.0685. The molecule has 2 aliphatic rings. The summed E-state index contributed by atoms with van der Waals surface area (Å²) in [6, 6.07) is 11.7. The van der Waals surface area contributed by atoms with Gasteiger partial charge in [-0.05, 0) is 36.5 Å². The van der Waals surface area contributed by atoms with Gasteiger partial charge in [0.25, 0.3) is 10.0 Å². The van der Waals surface area contributed by atoms with E-state index in [2.05, 4.69) is 10.3 Å². The van der Waals surface area contributed by atoms with Crippen molar-refractivity contribution in [3.05, 3.63) is 54.2 Å². The first-order chi connectivity index (χ1) is 17.2. The molecule has 1 aromatic carbocycles. The molecule has 2 fully saturated rings. The number of fused-ring (bicyclic) bond motifs is 1. The van der Waals surface area contributed by atoms with E-state index in [9.17, 15) is 18.3 Å². The molecule has 0 bridgehead atoms. The minimum Gasteiger partial charge on any atom is -0.443 e. The lowest BCUT2D eigenvalue weighted by molar-refractivity contribution is -0.0907. The predicted molar refractivity (Wildman–Crippen MR) is 132 cm³/mol. The van der Waals surface area contributed by atoms with Gasteiger partial charge in [0, 0.05) is 19.3 Å². The van der Waals surface area contributed by atoms with Gasteiger partial charge in [0.05, 0.1) is 31.3 Å². The maximum absolute atomic E-state index is 13.2. The number of rotatable bonds is 11. The molecule has 2 saturated heterocycles. The maximum atomic E-state index is 13.2. The minimum atomic E-state index is -3.87. The number of carbonyl (C=O) groups excluding carboxylic acids is 1. The molecule has 0 aliphatic carbocycles. The minimum absolute atomic E-state index is 0.0132. The Morgan fingerprint density at radius 3 is 2.67 bits per heavy atom. The van der Waals surface area contributed by atoms with Crippen molar-refractivity contribution >= 4 is 16.1 Å². The van der Waals surface area contributed by atoms with Crippen LogP contribution in [0.1, 0.15) is 25.8 Å². The molecule has 1 amide bonds. The molecule has 2 aromatic rings. The normalized spacial score (nSPS) is 23.5. The zero-order valence-electron chi connectivity index (χ0n) is 20.6. The van der Waals surface area contributed by atoms with E-state index in [1.165, 1.54) is 10.4 Å². The molecule has 2 aliphatic heterocycles. The zero-order chi connectivity index (χ0) is 25.7. The number of ether oxygens (including phenoxy) is 3. The summed E-state index contributed by atoms with van der Waals surface area (Å²) >= 11 is 0. The van der Waals surface area contributed by atoms with Gasteiger partial charge in [-0.3, -0.25) is 0 Å². The van der Waals surface area contributed by atoms with Crippen LogP contribution in [0.2, 0.25) is 0 Å². The van der Waals surface area contributed by atoms with Crippen LogP contribution in [0.3, 0.4) is 0 Å². The van der Waals surface area contributed by atoms with Crippen molar-refractivity contribution in [1.82, 2.24) is 14.6 Å². The quantitative estimate of drug-likeness (QED) is 0.413. The second-order valence-corrected chi connectivity index (χ2v) is 11.6. The van der Waals surface area contributed by atoms with Gasteiger partial charge in [-0.15, -0.1) is 0 Å². The highest BCUT2D eigenvalue weighted by atomic mass is 32.2. The lowest BCUT2D eigenvalue weighted by Crippen LogP contribution is -2.51. The number of hydrogen-bond acceptors (Lipinski definition) is 7. The summed E-state index contributed by atoms with van der Waals surface area (Å²) in [7, 11) is -3.87.